The monoisotopic (exact) mass is 376 g/mol. The summed E-state index contributed by atoms with van der Waals surface area (Å²) in [6.45, 7) is 4.85. The minimum Gasteiger partial charge on any atom is -0.362 e. The lowest BCUT2D eigenvalue weighted by atomic mass is 9.90. The first-order chi connectivity index (χ1) is 13.5. The number of aromatic amines is 2. The molecule has 0 radical (unpaired) electrons. The van der Waals surface area contributed by atoms with E-state index in [4.69, 9.17) is 0 Å². The maximum absolute atomic E-state index is 13.1. The van der Waals surface area contributed by atoms with Gasteiger partial charge < -0.3 is 9.88 Å². The molecule has 1 unspecified atom stereocenters. The number of aromatic nitrogens is 3. The zero-order valence-electron chi connectivity index (χ0n) is 16.2. The lowest BCUT2D eigenvalue weighted by Gasteiger charge is -2.33. The highest BCUT2D eigenvalue weighted by Crippen LogP contribution is 2.33. The van der Waals surface area contributed by atoms with Gasteiger partial charge in [-0.15, -0.1) is 0 Å². The van der Waals surface area contributed by atoms with Crippen LogP contribution in [0.1, 0.15) is 46.2 Å². The largest absolute Gasteiger partial charge is 0.362 e. The number of carbonyl (C=O) groups excluding carboxylic acids is 1. The van der Waals surface area contributed by atoms with Gasteiger partial charge in [-0.2, -0.15) is 5.10 Å². The van der Waals surface area contributed by atoms with Crippen LogP contribution in [0.5, 0.6) is 0 Å². The minimum atomic E-state index is -0.215. The normalized spacial score (nSPS) is 16.9. The topological polar surface area (TPSA) is 81.8 Å². The van der Waals surface area contributed by atoms with Crippen LogP contribution in [0.15, 0.2) is 47.4 Å². The van der Waals surface area contributed by atoms with Crippen LogP contribution in [0.3, 0.4) is 0 Å². The number of benzene rings is 1. The van der Waals surface area contributed by atoms with Crippen molar-refractivity contribution < 1.29 is 4.79 Å². The molecule has 3 heterocycles. The van der Waals surface area contributed by atoms with E-state index in [1.165, 1.54) is 6.07 Å². The third-order valence-electron chi connectivity index (χ3n) is 5.44. The number of H-pyrrole nitrogens is 2. The average Bonchev–Trinajstić information content (AvgIpc) is 3.18. The fourth-order valence-electron chi connectivity index (χ4n) is 4.12. The van der Waals surface area contributed by atoms with Crippen LogP contribution in [0.2, 0.25) is 0 Å². The smallest absolute Gasteiger partial charge is 0.259 e. The van der Waals surface area contributed by atoms with E-state index < -0.39 is 0 Å². The van der Waals surface area contributed by atoms with Crippen LogP contribution >= 0.6 is 0 Å². The van der Waals surface area contributed by atoms with Crippen molar-refractivity contribution in [3.05, 3.63) is 75.5 Å². The molecule has 1 aliphatic heterocycles. The fraction of sp³-hybridized carbons (Fsp3) is 0.318. The number of pyridine rings is 1. The zero-order chi connectivity index (χ0) is 19.7. The molecular formula is C22H24N4O2. The van der Waals surface area contributed by atoms with E-state index >= 15 is 0 Å². The van der Waals surface area contributed by atoms with Gasteiger partial charge in [0, 0.05) is 47.7 Å². The summed E-state index contributed by atoms with van der Waals surface area (Å²) in [5.74, 6) is -0.0236. The number of amides is 1. The van der Waals surface area contributed by atoms with Crippen molar-refractivity contribution in [1.82, 2.24) is 20.1 Å². The van der Waals surface area contributed by atoms with Gasteiger partial charge in [-0.3, -0.25) is 14.7 Å². The van der Waals surface area contributed by atoms with Crippen LogP contribution in [-0.2, 0) is 0 Å². The SMILES string of the molecule is Cc1cc(=O)c(C(=O)N2CCCC(c3[nH]ncc3-c3ccccc3)C2)c(C)[nH]1. The number of carbonyl (C=O) groups is 1. The molecule has 6 heteroatoms. The van der Waals surface area contributed by atoms with E-state index in [-0.39, 0.29) is 22.8 Å². The molecule has 0 bridgehead atoms. The summed E-state index contributed by atoms with van der Waals surface area (Å²) in [5, 5.41) is 7.40. The van der Waals surface area contributed by atoms with Gasteiger partial charge in [0.1, 0.15) is 5.56 Å². The first-order valence-electron chi connectivity index (χ1n) is 9.63. The Morgan fingerprint density at radius 3 is 2.75 bits per heavy atom. The molecule has 1 saturated heterocycles. The minimum absolute atomic E-state index is 0.167. The Morgan fingerprint density at radius 2 is 2.00 bits per heavy atom. The second-order valence-electron chi connectivity index (χ2n) is 7.47. The predicted octanol–water partition coefficient (Wildman–Crippen LogP) is 3.40. The van der Waals surface area contributed by atoms with Crippen LogP contribution in [0.4, 0.5) is 0 Å². The lowest BCUT2D eigenvalue weighted by Crippen LogP contribution is -2.41. The van der Waals surface area contributed by atoms with Gasteiger partial charge in [-0.05, 0) is 32.3 Å². The van der Waals surface area contributed by atoms with Crippen molar-refractivity contribution in [3.63, 3.8) is 0 Å². The third kappa shape index (κ3) is 3.38. The number of nitrogens with one attached hydrogen (secondary N) is 2. The molecule has 4 rings (SSSR count). The Balaban J connectivity index is 1.61. The van der Waals surface area contributed by atoms with Gasteiger partial charge in [0.25, 0.3) is 5.91 Å². The highest BCUT2D eigenvalue weighted by molar-refractivity contribution is 5.95. The van der Waals surface area contributed by atoms with Gasteiger partial charge in [0.15, 0.2) is 5.43 Å². The average molecular weight is 376 g/mol. The van der Waals surface area contributed by atoms with Crippen molar-refractivity contribution in [2.75, 3.05) is 13.1 Å². The van der Waals surface area contributed by atoms with E-state index in [2.05, 4.69) is 27.3 Å². The van der Waals surface area contributed by atoms with E-state index in [1.54, 1.807) is 11.8 Å². The van der Waals surface area contributed by atoms with Gasteiger partial charge in [0.2, 0.25) is 0 Å². The molecule has 0 aliphatic carbocycles. The summed E-state index contributed by atoms with van der Waals surface area (Å²) in [5.41, 5.74) is 4.67. The van der Waals surface area contributed by atoms with Gasteiger partial charge in [-0.25, -0.2) is 0 Å². The standard InChI is InChI=1S/C22H24N4O2/c1-14-11-19(27)20(15(2)24-14)22(28)26-10-6-9-17(13-26)21-18(12-23-25-21)16-7-4-3-5-8-16/h3-5,7-8,11-12,17H,6,9-10,13H2,1-2H3,(H,23,25)(H,24,27). The molecule has 28 heavy (non-hydrogen) atoms. The van der Waals surface area contributed by atoms with Gasteiger partial charge in [-0.1, -0.05) is 30.3 Å². The van der Waals surface area contributed by atoms with Crippen LogP contribution in [-0.4, -0.2) is 39.1 Å². The Bertz CT molecular complexity index is 1050. The fourth-order valence-corrected chi connectivity index (χ4v) is 4.12. The lowest BCUT2D eigenvalue weighted by molar-refractivity contribution is 0.0703. The molecule has 1 aromatic carbocycles. The molecule has 2 aromatic heterocycles. The molecule has 1 atom stereocenters. The summed E-state index contributed by atoms with van der Waals surface area (Å²) >= 11 is 0. The Kier molecular flexibility index (Phi) is 4.86. The maximum atomic E-state index is 13.1. The number of likely N-dealkylation sites (tertiary alicyclic amines) is 1. The summed E-state index contributed by atoms with van der Waals surface area (Å²) in [6, 6.07) is 11.6. The number of hydrogen-bond acceptors (Lipinski definition) is 3. The van der Waals surface area contributed by atoms with E-state index in [9.17, 15) is 9.59 Å². The Morgan fingerprint density at radius 1 is 1.21 bits per heavy atom. The van der Waals surface area contributed by atoms with Crippen LogP contribution < -0.4 is 5.43 Å². The van der Waals surface area contributed by atoms with Gasteiger partial charge >= 0.3 is 0 Å². The molecular weight excluding hydrogens is 352 g/mol. The highest BCUT2D eigenvalue weighted by atomic mass is 16.2. The van der Waals surface area contributed by atoms with Crippen molar-refractivity contribution in [1.29, 1.82) is 0 Å². The Labute approximate surface area is 163 Å². The molecule has 0 saturated carbocycles. The highest BCUT2D eigenvalue weighted by Gasteiger charge is 2.30. The van der Waals surface area contributed by atoms with E-state index in [1.807, 2.05) is 31.3 Å². The summed E-state index contributed by atoms with van der Waals surface area (Å²) in [6.07, 6.45) is 3.72. The number of hydrogen-bond donors (Lipinski definition) is 2. The first-order valence-corrected chi connectivity index (χ1v) is 9.63. The number of rotatable bonds is 3. The van der Waals surface area contributed by atoms with Crippen molar-refractivity contribution >= 4 is 5.91 Å². The van der Waals surface area contributed by atoms with Crippen molar-refractivity contribution in [2.24, 2.45) is 0 Å². The quantitative estimate of drug-likeness (QED) is 0.735. The molecule has 6 nitrogen and oxygen atoms in total. The van der Waals surface area contributed by atoms with Crippen molar-refractivity contribution in [3.8, 4) is 11.1 Å². The maximum Gasteiger partial charge on any atom is 0.259 e. The first kappa shape index (κ1) is 18.2. The number of nitrogens with zero attached hydrogens (tertiary/aromatic N) is 2. The second kappa shape index (κ2) is 7.46. The molecule has 1 fully saturated rings. The summed E-state index contributed by atoms with van der Waals surface area (Å²) in [7, 11) is 0. The molecule has 144 valence electrons. The number of piperidine rings is 1. The second-order valence-corrected chi connectivity index (χ2v) is 7.47. The molecule has 2 N–H and O–H groups in total. The van der Waals surface area contributed by atoms with Crippen LogP contribution in [0.25, 0.3) is 11.1 Å². The molecule has 1 amide bonds. The van der Waals surface area contributed by atoms with Crippen molar-refractivity contribution in [2.45, 2.75) is 32.6 Å². The number of aryl methyl sites for hydroxylation is 2. The van der Waals surface area contributed by atoms with Crippen LogP contribution in [0, 0.1) is 13.8 Å². The zero-order valence-corrected chi connectivity index (χ0v) is 16.2. The molecule has 0 spiro atoms. The molecule has 3 aromatic rings. The molecule has 1 aliphatic rings. The van der Waals surface area contributed by atoms with E-state index in [0.717, 1.165) is 35.4 Å². The third-order valence-corrected chi connectivity index (χ3v) is 5.44. The predicted molar refractivity (Wildman–Crippen MR) is 108 cm³/mol. The van der Waals surface area contributed by atoms with E-state index in [0.29, 0.717) is 18.8 Å². The Hall–Kier alpha value is -3.15. The summed E-state index contributed by atoms with van der Waals surface area (Å²) < 4.78 is 0. The van der Waals surface area contributed by atoms with Gasteiger partial charge in [0.05, 0.1) is 6.20 Å². The summed E-state index contributed by atoms with van der Waals surface area (Å²) in [4.78, 5) is 30.4.